The van der Waals surface area contributed by atoms with Crippen LogP contribution in [0.15, 0.2) is 222 Å². The summed E-state index contributed by atoms with van der Waals surface area (Å²) in [5.74, 6) is 3.63. The lowest BCUT2D eigenvalue weighted by atomic mass is 10.2. The molecular formula is C84H98IN35O9P2. The molecular weight excluding hydrogens is 1830 g/mol. The highest BCUT2D eigenvalue weighted by atomic mass is 127. The van der Waals surface area contributed by atoms with Gasteiger partial charge in [0, 0.05) is 116 Å². The molecule has 0 saturated heterocycles. The fraction of sp³-hybridized carbons (Fsp3) is 0.262. The molecule has 4 aromatic carbocycles. The van der Waals surface area contributed by atoms with E-state index >= 15 is 0 Å². The van der Waals surface area contributed by atoms with Crippen LogP contribution >= 0.6 is 37.3 Å². The average Bonchev–Trinajstić information content (AvgIpc) is 1.66. The number of carbonyl (C=O) groups excluding carboxylic acids is 1. The average molecular weight is 1930 g/mol. The number of aliphatic hydroxyl groups excluding tert-OH is 2. The van der Waals surface area contributed by atoms with Crippen molar-refractivity contribution in [1.29, 1.82) is 0 Å². The molecule has 0 radical (unpaired) electrons. The number of allylic oxidation sites excluding steroid dienone is 1. The number of anilines is 11. The number of aldehydes is 1. The van der Waals surface area contributed by atoms with Crippen molar-refractivity contribution in [2.75, 3.05) is 91.0 Å². The molecule has 0 saturated carbocycles. The molecule has 18 aromatic rings. The second-order valence-corrected chi connectivity index (χ2v) is 36.1. The minimum absolute atomic E-state index is 0.0579. The van der Waals surface area contributed by atoms with Gasteiger partial charge in [0.2, 0.25) is 41.6 Å². The second kappa shape index (κ2) is 44.6. The van der Waals surface area contributed by atoms with Gasteiger partial charge in [0.1, 0.15) is 64.1 Å². The molecule has 0 amide bonds. The van der Waals surface area contributed by atoms with Crippen molar-refractivity contribution in [3.63, 3.8) is 0 Å². The Hall–Kier alpha value is -14.3. The summed E-state index contributed by atoms with van der Waals surface area (Å²) in [5, 5.41) is 48.3. The molecule has 0 bridgehead atoms. The Labute approximate surface area is 763 Å². The van der Waals surface area contributed by atoms with Crippen LogP contribution in [0, 0.1) is 3.57 Å². The summed E-state index contributed by atoms with van der Waals surface area (Å²) < 4.78 is 45.2. The summed E-state index contributed by atoms with van der Waals surface area (Å²) in [6.07, 6.45) is 26.4. The Balaban J connectivity index is 0.000000138. The van der Waals surface area contributed by atoms with Gasteiger partial charge in [-0.2, -0.15) is 67.3 Å². The zero-order valence-corrected chi connectivity index (χ0v) is 77.0. The molecule has 0 aliphatic carbocycles. The monoisotopic (exact) mass is 1930 g/mol. The van der Waals surface area contributed by atoms with Crippen molar-refractivity contribution in [2.24, 2.45) is 0 Å². The molecule has 18 rings (SSSR count). The topological polar surface area (TPSA) is 543 Å². The van der Waals surface area contributed by atoms with Crippen LogP contribution in [0.2, 0.25) is 0 Å². The fourth-order valence-electron chi connectivity index (χ4n) is 13.0. The number of aliphatic hydroxyl groups is 2. The van der Waals surface area contributed by atoms with Gasteiger partial charge in [-0.25, -0.2) is 69.8 Å². The highest BCUT2D eigenvalue weighted by Gasteiger charge is 2.23. The number of aromatic nitrogens is 28. The van der Waals surface area contributed by atoms with Crippen LogP contribution in [0.3, 0.4) is 0 Å². The molecule has 680 valence electrons. The number of nitrogens with zero attached hydrogens (tertiary/aromatic N) is 32. The molecule has 131 heavy (non-hydrogen) atoms. The van der Waals surface area contributed by atoms with Crippen LogP contribution in [0.5, 0.6) is 0 Å². The Morgan fingerprint density at radius 1 is 0.382 bits per heavy atom. The van der Waals surface area contributed by atoms with E-state index in [9.17, 15) is 24.1 Å². The third-order valence-electron chi connectivity index (χ3n) is 19.2. The Kier molecular flexibility index (Phi) is 32.6. The Bertz CT molecular complexity index is 6640. The first kappa shape index (κ1) is 95.8. The molecule has 0 fully saturated rings. The highest BCUT2D eigenvalue weighted by Crippen LogP contribution is 2.37. The van der Waals surface area contributed by atoms with Crippen LogP contribution in [-0.4, -0.2) is 242 Å². The number of para-hydroxylation sites is 4. The van der Waals surface area contributed by atoms with Gasteiger partial charge in [-0.05, 0) is 119 Å². The van der Waals surface area contributed by atoms with Crippen LogP contribution < -0.4 is 36.8 Å². The fourth-order valence-corrected chi connectivity index (χ4v) is 14.5. The SMILES string of the molecule is C=CCc1cnn2c(N(C)c3ccccc3)ncnc12.CC(Cc1cnn2c(N)ncnc12)OCP(=O)(O)O.CC(Cc1cnn2c(N)ncnc12)OCP(C)(C)=O.CC(O)Cc1cnn2c(N(C)c3ccccc3)ncnc12.CC(O)Cc1cnn2c(N)ncnc12.CN(c1ccccc1)c1ncnc2c(CC=O)cnn12.CN(c1ccccc1)c1ncnc2c(I)cnn12. The lowest BCUT2D eigenvalue weighted by Crippen LogP contribution is -2.16. The van der Waals surface area contributed by atoms with Crippen molar-refractivity contribution < 1.29 is 43.4 Å². The minimum Gasteiger partial charge on any atom is -0.393 e. The molecule has 14 aromatic heterocycles. The molecule has 4 unspecified atom stereocenters. The Morgan fingerprint density at radius 3 is 0.947 bits per heavy atom. The van der Waals surface area contributed by atoms with Crippen LogP contribution in [0.4, 0.5) is 64.4 Å². The van der Waals surface area contributed by atoms with Gasteiger partial charge in [-0.15, -0.1) is 6.58 Å². The van der Waals surface area contributed by atoms with Gasteiger partial charge in [-0.3, -0.25) is 4.57 Å². The quantitative estimate of drug-likeness (QED) is 0.0115. The normalized spacial score (nSPS) is 12.2. The summed E-state index contributed by atoms with van der Waals surface area (Å²) in [6, 6.07) is 39.9. The van der Waals surface area contributed by atoms with E-state index in [0.29, 0.717) is 78.5 Å². The summed E-state index contributed by atoms with van der Waals surface area (Å²) in [5.41, 5.74) is 31.3. The number of nitrogen functional groups attached to an aromatic ring is 3. The molecule has 14 heterocycles. The molecule has 44 nitrogen and oxygen atoms in total. The number of fused-ring (bicyclic) bond motifs is 7. The molecule has 0 aliphatic heterocycles. The molecule has 4 atom stereocenters. The summed E-state index contributed by atoms with van der Waals surface area (Å²) >= 11 is 2.22. The number of ether oxygens (including phenoxy) is 2. The third-order valence-corrected chi connectivity index (χ3v) is 21.2. The number of hydrogen-bond donors (Lipinski definition) is 7. The molecule has 0 spiro atoms. The number of benzene rings is 4. The standard InChI is InChI=1S/C15H17N5O.C15H15N5.C14H13N5O.C12H10IN5.C11H18N5O2P.C9H14N5O4P.C8H11N5O/c1-11(21)8-12-9-18-20-14(12)16-10-17-15(20)19(2)13-6-4-3-5-7-13;1-3-7-12-10-18-20-14(12)16-11-17-15(20)19(2)13-8-5-4-6-9-13;1-18(12-5-3-2-4-6-12)14-16-10-15-13-11(7-8-20)9-17-19(13)14;1-17(9-5-3-2-4-6-9)12-15-8-14-11-10(13)7-16-18(11)12;1-8(18-7-19(2,3)17)4-9-5-15-16-10(9)13-6-14-11(16)12;1-6(18-5-19(15,16)17)2-7-3-13-14-8(7)11-4-12-9(14)10;1-5(14)2-6-3-12-13-7(6)10-4-11-8(13)9/h3-7,9-11,21H,8H2,1-2H3;3-6,8-11H,1,7H2,2H3;2-6,8-10H,7H2,1H3;2-8H,1H3;5-6,8H,4,7H2,1-3H3,(H2,12,13,14);3-4,6H,2,5H2,1H3,(H2,10,11,12)(H2,15,16,17);3-5,14H,2H2,1H3,(H2,9,10,11). The Morgan fingerprint density at radius 2 is 0.641 bits per heavy atom. The maximum absolute atomic E-state index is 11.6. The van der Waals surface area contributed by atoms with Gasteiger partial charge in [-0.1, -0.05) is 78.9 Å². The van der Waals surface area contributed by atoms with Crippen LogP contribution in [0.1, 0.15) is 61.1 Å². The van der Waals surface area contributed by atoms with Gasteiger partial charge in [0.15, 0.2) is 39.5 Å². The second-order valence-electron chi connectivity index (χ2n) is 30.0. The predicted molar refractivity (Wildman–Crippen MR) is 504 cm³/mol. The zero-order chi connectivity index (χ0) is 93.5. The molecule has 0 aliphatic rings. The predicted octanol–water partition coefficient (Wildman–Crippen LogP) is 9.22. The summed E-state index contributed by atoms with van der Waals surface area (Å²) in [7, 11) is 1.47. The van der Waals surface area contributed by atoms with E-state index in [2.05, 4.69) is 135 Å². The number of carbonyl (C=O) groups is 1. The largest absolute Gasteiger partial charge is 0.393 e. The number of halogens is 1. The van der Waals surface area contributed by atoms with E-state index < -0.39 is 33.3 Å². The van der Waals surface area contributed by atoms with Crippen molar-refractivity contribution >= 4 is 148 Å². The van der Waals surface area contributed by atoms with E-state index in [1.807, 2.05) is 188 Å². The number of rotatable bonds is 26. The maximum Gasteiger partial charge on any atom is 0.350 e. The van der Waals surface area contributed by atoms with Gasteiger partial charge in [0.25, 0.3) is 0 Å². The maximum atomic E-state index is 11.6. The van der Waals surface area contributed by atoms with E-state index in [4.69, 9.17) is 36.5 Å². The van der Waals surface area contributed by atoms with Gasteiger partial charge < -0.3 is 75.6 Å². The summed E-state index contributed by atoms with van der Waals surface area (Å²) in [6.45, 7) is 14.3. The first-order valence-corrected chi connectivity index (χ1v) is 46.2. The van der Waals surface area contributed by atoms with Gasteiger partial charge >= 0.3 is 7.60 Å². The zero-order valence-electron chi connectivity index (χ0n) is 73.1. The van der Waals surface area contributed by atoms with Crippen LogP contribution in [-0.2, 0) is 61.9 Å². The van der Waals surface area contributed by atoms with E-state index in [1.165, 1.54) is 45.2 Å². The molecule has 47 heteroatoms. The lowest BCUT2D eigenvalue weighted by Gasteiger charge is -2.18. The van der Waals surface area contributed by atoms with Gasteiger partial charge in [0.05, 0.1) is 77.7 Å². The van der Waals surface area contributed by atoms with Crippen molar-refractivity contribution in [3.8, 4) is 0 Å². The highest BCUT2D eigenvalue weighted by molar-refractivity contribution is 14.1. The lowest BCUT2D eigenvalue weighted by molar-refractivity contribution is -0.107. The van der Waals surface area contributed by atoms with Crippen molar-refractivity contribution in [2.45, 2.75) is 90.6 Å². The van der Waals surface area contributed by atoms with Crippen LogP contribution in [0.25, 0.3) is 39.5 Å². The first-order chi connectivity index (χ1) is 63.0. The molecule has 10 N–H and O–H groups in total. The number of nitrogens with two attached hydrogens (primary N) is 3. The number of hydrogen-bond acceptors (Lipinski definition) is 35. The van der Waals surface area contributed by atoms with Crippen molar-refractivity contribution in [1.82, 2.24) is 137 Å². The van der Waals surface area contributed by atoms with E-state index in [-0.39, 0.29) is 24.5 Å². The third kappa shape index (κ3) is 25.0. The van der Waals surface area contributed by atoms with Crippen molar-refractivity contribution in [3.05, 3.63) is 259 Å². The summed E-state index contributed by atoms with van der Waals surface area (Å²) in [4.78, 5) is 94.0. The minimum atomic E-state index is -4.15. The first-order valence-electron chi connectivity index (χ1n) is 40.5. The van der Waals surface area contributed by atoms with E-state index in [0.717, 1.165) is 101 Å². The van der Waals surface area contributed by atoms with E-state index in [1.54, 1.807) is 102 Å². The smallest absolute Gasteiger partial charge is 0.350 e.